The van der Waals surface area contributed by atoms with Gasteiger partial charge in [0, 0.05) is 23.5 Å². The molecule has 0 atom stereocenters. The number of aromatic nitrogens is 1. The molecule has 142 valence electrons. The summed E-state index contributed by atoms with van der Waals surface area (Å²) in [5.41, 5.74) is 0.408. The third kappa shape index (κ3) is 3.41. The van der Waals surface area contributed by atoms with Crippen LogP contribution in [0.3, 0.4) is 0 Å². The minimum absolute atomic E-state index is 0.0863. The van der Waals surface area contributed by atoms with Crippen molar-refractivity contribution in [2.24, 2.45) is 0 Å². The average Bonchev–Trinajstić information content (AvgIpc) is 3.16. The molecule has 2 heterocycles. The van der Waals surface area contributed by atoms with Crippen LogP contribution in [0.25, 0.3) is 0 Å². The Morgan fingerprint density at radius 3 is 2.64 bits per heavy atom. The van der Waals surface area contributed by atoms with Crippen molar-refractivity contribution in [2.75, 3.05) is 17.4 Å². The highest BCUT2D eigenvalue weighted by Gasteiger charge is 2.16. The van der Waals surface area contributed by atoms with Gasteiger partial charge in [0.1, 0.15) is 5.82 Å². The fraction of sp³-hybridized carbons (Fsp3) is 0.0526. The van der Waals surface area contributed by atoms with Crippen LogP contribution in [0.15, 0.2) is 48.7 Å². The highest BCUT2D eigenvalue weighted by molar-refractivity contribution is 6.04. The number of ether oxygens (including phenoxy) is 2. The second-order valence-corrected chi connectivity index (χ2v) is 5.80. The van der Waals surface area contributed by atoms with Crippen LogP contribution in [0.2, 0.25) is 0 Å². The molecule has 2 N–H and O–H groups in total. The number of carbonyl (C=O) groups excluding carboxylic acids is 1. The largest absolute Gasteiger partial charge is 0.454 e. The smallest absolute Gasteiger partial charge is 0.255 e. The first-order valence-corrected chi connectivity index (χ1v) is 8.09. The molecule has 0 unspecified atom stereocenters. The quantitative estimate of drug-likeness (QED) is 0.656. The van der Waals surface area contributed by atoms with Crippen molar-refractivity contribution in [3.05, 3.63) is 71.7 Å². The van der Waals surface area contributed by atoms with Crippen LogP contribution in [0.1, 0.15) is 10.4 Å². The Balaban J connectivity index is 1.52. The lowest BCUT2D eigenvalue weighted by Crippen LogP contribution is -2.12. The van der Waals surface area contributed by atoms with E-state index >= 15 is 0 Å². The SMILES string of the molecule is O=C(Nc1ccc2c(c1)OCO2)c1ccnc(Nc2ccc(F)c(F)c2F)c1. The summed E-state index contributed by atoms with van der Waals surface area (Å²) in [6.45, 7) is 0.118. The maximum absolute atomic E-state index is 13.8. The Kier molecular flexibility index (Phi) is 4.48. The molecular formula is C19H12F3N3O3. The Morgan fingerprint density at radius 2 is 1.79 bits per heavy atom. The van der Waals surface area contributed by atoms with E-state index in [4.69, 9.17) is 9.47 Å². The van der Waals surface area contributed by atoms with Gasteiger partial charge in [0.2, 0.25) is 6.79 Å². The van der Waals surface area contributed by atoms with Gasteiger partial charge in [-0.25, -0.2) is 18.2 Å². The van der Waals surface area contributed by atoms with Crippen molar-refractivity contribution in [3.8, 4) is 11.5 Å². The predicted molar refractivity (Wildman–Crippen MR) is 94.4 cm³/mol. The predicted octanol–water partition coefficient (Wildman–Crippen LogP) is 4.22. The zero-order valence-corrected chi connectivity index (χ0v) is 14.1. The fourth-order valence-electron chi connectivity index (χ4n) is 2.58. The first-order valence-electron chi connectivity index (χ1n) is 8.09. The van der Waals surface area contributed by atoms with Gasteiger partial charge in [-0.15, -0.1) is 0 Å². The molecule has 1 aromatic heterocycles. The number of amides is 1. The molecule has 3 aromatic rings. The molecule has 1 amide bonds. The first-order chi connectivity index (χ1) is 13.5. The van der Waals surface area contributed by atoms with Crippen molar-refractivity contribution in [1.82, 2.24) is 4.98 Å². The van der Waals surface area contributed by atoms with Crippen molar-refractivity contribution in [3.63, 3.8) is 0 Å². The van der Waals surface area contributed by atoms with Gasteiger partial charge in [-0.2, -0.15) is 0 Å². The van der Waals surface area contributed by atoms with Gasteiger partial charge in [0.15, 0.2) is 29.0 Å². The summed E-state index contributed by atoms with van der Waals surface area (Å²) in [5, 5.41) is 5.22. The van der Waals surface area contributed by atoms with E-state index in [2.05, 4.69) is 15.6 Å². The van der Waals surface area contributed by atoms with Gasteiger partial charge in [0.25, 0.3) is 5.91 Å². The molecule has 0 spiro atoms. The number of anilines is 3. The number of pyridine rings is 1. The monoisotopic (exact) mass is 387 g/mol. The Morgan fingerprint density at radius 1 is 0.964 bits per heavy atom. The molecule has 4 rings (SSSR count). The van der Waals surface area contributed by atoms with Gasteiger partial charge in [-0.3, -0.25) is 4.79 Å². The molecule has 1 aliphatic rings. The maximum atomic E-state index is 13.8. The molecule has 1 aliphatic heterocycles. The number of hydrogen-bond acceptors (Lipinski definition) is 5. The van der Waals surface area contributed by atoms with Crippen LogP contribution >= 0.6 is 0 Å². The minimum atomic E-state index is -1.60. The Labute approximate surface area is 156 Å². The van der Waals surface area contributed by atoms with Crippen molar-refractivity contribution < 1.29 is 27.4 Å². The molecule has 0 aliphatic carbocycles. The van der Waals surface area contributed by atoms with E-state index in [1.54, 1.807) is 18.2 Å². The van der Waals surface area contributed by atoms with Crippen LogP contribution in [0.5, 0.6) is 11.5 Å². The Bertz CT molecular complexity index is 1080. The number of fused-ring (bicyclic) bond motifs is 1. The summed E-state index contributed by atoms with van der Waals surface area (Å²) in [7, 11) is 0. The van der Waals surface area contributed by atoms with Gasteiger partial charge in [-0.05, 0) is 36.4 Å². The topological polar surface area (TPSA) is 72.5 Å². The van der Waals surface area contributed by atoms with Gasteiger partial charge < -0.3 is 20.1 Å². The van der Waals surface area contributed by atoms with Crippen LogP contribution in [0.4, 0.5) is 30.4 Å². The number of rotatable bonds is 4. The van der Waals surface area contributed by atoms with Gasteiger partial charge >= 0.3 is 0 Å². The van der Waals surface area contributed by atoms with Crippen molar-refractivity contribution in [1.29, 1.82) is 0 Å². The van der Waals surface area contributed by atoms with E-state index in [-0.39, 0.29) is 23.9 Å². The van der Waals surface area contributed by atoms with Crippen LogP contribution in [0, 0.1) is 17.5 Å². The van der Waals surface area contributed by atoms with Crippen LogP contribution in [-0.2, 0) is 0 Å². The molecule has 0 fully saturated rings. The first kappa shape index (κ1) is 17.7. The lowest BCUT2D eigenvalue weighted by atomic mass is 10.2. The van der Waals surface area contributed by atoms with Gasteiger partial charge in [0.05, 0.1) is 5.69 Å². The molecular weight excluding hydrogens is 375 g/mol. The lowest BCUT2D eigenvalue weighted by Gasteiger charge is -2.10. The average molecular weight is 387 g/mol. The third-order valence-electron chi connectivity index (χ3n) is 3.95. The number of benzene rings is 2. The summed E-state index contributed by atoms with van der Waals surface area (Å²) >= 11 is 0. The van der Waals surface area contributed by atoms with Gasteiger partial charge in [-0.1, -0.05) is 0 Å². The summed E-state index contributed by atoms with van der Waals surface area (Å²) in [5.74, 6) is -3.53. The highest BCUT2D eigenvalue weighted by Crippen LogP contribution is 2.34. The normalized spacial score (nSPS) is 12.0. The molecule has 28 heavy (non-hydrogen) atoms. The molecule has 0 saturated carbocycles. The van der Waals surface area contributed by atoms with E-state index in [0.717, 1.165) is 12.1 Å². The third-order valence-corrected chi connectivity index (χ3v) is 3.95. The highest BCUT2D eigenvalue weighted by atomic mass is 19.2. The molecule has 0 saturated heterocycles. The molecule has 2 aromatic carbocycles. The molecule has 0 radical (unpaired) electrons. The summed E-state index contributed by atoms with van der Waals surface area (Å²) < 4.78 is 50.6. The van der Waals surface area contributed by atoms with Crippen molar-refractivity contribution >= 4 is 23.1 Å². The summed E-state index contributed by atoms with van der Waals surface area (Å²) in [6, 6.07) is 9.58. The molecule has 6 nitrogen and oxygen atoms in total. The standard InChI is InChI=1S/C19H12F3N3O3/c20-12-2-3-13(18(22)17(12)21)25-16-7-10(5-6-23-16)19(26)24-11-1-4-14-15(8-11)28-9-27-14/h1-8H,9H2,(H,23,25)(H,24,26). The lowest BCUT2D eigenvalue weighted by molar-refractivity contribution is 0.102. The zero-order valence-electron chi connectivity index (χ0n) is 14.1. The molecule has 9 heteroatoms. The second kappa shape index (κ2) is 7.10. The zero-order chi connectivity index (χ0) is 19.7. The number of nitrogens with zero attached hydrogens (tertiary/aromatic N) is 1. The van der Waals surface area contributed by atoms with Crippen molar-refractivity contribution in [2.45, 2.75) is 0 Å². The van der Waals surface area contributed by atoms with Crippen LogP contribution < -0.4 is 20.1 Å². The van der Waals surface area contributed by atoms with Crippen LogP contribution in [-0.4, -0.2) is 17.7 Å². The summed E-state index contributed by atoms with van der Waals surface area (Å²) in [6.07, 6.45) is 1.33. The maximum Gasteiger partial charge on any atom is 0.255 e. The van der Waals surface area contributed by atoms with E-state index in [1.807, 2.05) is 0 Å². The van der Waals surface area contributed by atoms with E-state index in [9.17, 15) is 18.0 Å². The second-order valence-electron chi connectivity index (χ2n) is 5.80. The number of hydrogen-bond donors (Lipinski definition) is 2. The summed E-state index contributed by atoms with van der Waals surface area (Å²) in [4.78, 5) is 16.4. The fourth-order valence-corrected chi connectivity index (χ4v) is 2.58. The minimum Gasteiger partial charge on any atom is -0.454 e. The van der Waals surface area contributed by atoms with E-state index < -0.39 is 23.4 Å². The van der Waals surface area contributed by atoms with E-state index in [0.29, 0.717) is 17.2 Å². The Hall–Kier alpha value is -3.75. The number of halogens is 3. The van der Waals surface area contributed by atoms with E-state index in [1.165, 1.54) is 18.3 Å². The molecule has 0 bridgehead atoms. The number of carbonyl (C=O) groups is 1. The number of nitrogens with one attached hydrogen (secondary N) is 2.